The van der Waals surface area contributed by atoms with Gasteiger partial charge in [0.15, 0.2) is 17.9 Å². The predicted octanol–water partition coefficient (Wildman–Crippen LogP) is 5.42. The molecule has 0 N–H and O–H groups in total. The number of benzene rings is 1. The molecule has 1 saturated carbocycles. The third-order valence-electron chi connectivity index (χ3n) is 5.53. The number of hydrogen-bond acceptors (Lipinski definition) is 2. The van der Waals surface area contributed by atoms with Crippen LogP contribution < -0.4 is 0 Å². The van der Waals surface area contributed by atoms with E-state index < -0.39 is 11.6 Å². The second-order valence-electron chi connectivity index (χ2n) is 7.33. The summed E-state index contributed by atoms with van der Waals surface area (Å²) >= 11 is 0. The molecule has 0 aromatic heterocycles. The molecule has 0 amide bonds. The van der Waals surface area contributed by atoms with Gasteiger partial charge in [0.2, 0.25) is 0 Å². The highest BCUT2D eigenvalue weighted by molar-refractivity contribution is 5.22. The second-order valence-corrected chi connectivity index (χ2v) is 7.33. The molecule has 2 fully saturated rings. The van der Waals surface area contributed by atoms with E-state index in [1.807, 2.05) is 0 Å². The van der Waals surface area contributed by atoms with Crippen LogP contribution in [0.4, 0.5) is 8.78 Å². The zero-order chi connectivity index (χ0) is 16.9. The first kappa shape index (κ1) is 17.8. The Kier molecular flexibility index (Phi) is 6.23. The van der Waals surface area contributed by atoms with Crippen molar-refractivity contribution in [2.75, 3.05) is 13.2 Å². The SMILES string of the molecule is CCCCC1COC([C@H]2CC[C@H](c3ccc(F)c(F)c3)CC2)OC1. The van der Waals surface area contributed by atoms with E-state index in [1.165, 1.54) is 31.4 Å². The molecule has 1 heterocycles. The Morgan fingerprint density at radius 3 is 2.33 bits per heavy atom. The summed E-state index contributed by atoms with van der Waals surface area (Å²) in [6, 6.07) is 4.31. The summed E-state index contributed by atoms with van der Waals surface area (Å²) < 4.78 is 38.4. The molecular weight excluding hydrogens is 310 g/mol. The molecule has 1 saturated heterocycles. The van der Waals surface area contributed by atoms with Gasteiger partial charge in [0.25, 0.3) is 0 Å². The molecule has 3 rings (SSSR count). The van der Waals surface area contributed by atoms with Gasteiger partial charge >= 0.3 is 0 Å². The van der Waals surface area contributed by atoms with Crippen LogP contribution in [0.15, 0.2) is 18.2 Å². The molecule has 1 aliphatic heterocycles. The maximum atomic E-state index is 13.4. The first-order chi connectivity index (χ1) is 11.7. The second kappa shape index (κ2) is 8.39. The Hall–Kier alpha value is -1.00. The van der Waals surface area contributed by atoms with Gasteiger partial charge in [0.1, 0.15) is 0 Å². The van der Waals surface area contributed by atoms with Crippen LogP contribution in [0.3, 0.4) is 0 Å². The smallest absolute Gasteiger partial charge is 0.160 e. The first-order valence-electron chi connectivity index (χ1n) is 9.35. The molecule has 0 unspecified atom stereocenters. The fourth-order valence-corrected chi connectivity index (χ4v) is 3.98. The van der Waals surface area contributed by atoms with Crippen molar-refractivity contribution in [2.24, 2.45) is 11.8 Å². The molecule has 24 heavy (non-hydrogen) atoms. The molecule has 4 heteroatoms. The molecule has 0 atom stereocenters. The van der Waals surface area contributed by atoms with Gasteiger partial charge in [-0.3, -0.25) is 0 Å². The minimum absolute atomic E-state index is 0.0752. The Balaban J connectivity index is 1.46. The van der Waals surface area contributed by atoms with E-state index in [0.717, 1.165) is 44.5 Å². The minimum atomic E-state index is -0.769. The van der Waals surface area contributed by atoms with E-state index >= 15 is 0 Å². The monoisotopic (exact) mass is 338 g/mol. The van der Waals surface area contributed by atoms with Crippen LogP contribution in [-0.4, -0.2) is 19.5 Å². The molecule has 0 spiro atoms. The molecule has 2 nitrogen and oxygen atoms in total. The Morgan fingerprint density at radius 2 is 1.71 bits per heavy atom. The maximum Gasteiger partial charge on any atom is 0.160 e. The van der Waals surface area contributed by atoms with Crippen molar-refractivity contribution in [1.29, 1.82) is 0 Å². The predicted molar refractivity (Wildman–Crippen MR) is 89.8 cm³/mol. The lowest BCUT2D eigenvalue weighted by Crippen LogP contribution is -2.38. The largest absolute Gasteiger partial charge is 0.352 e. The summed E-state index contributed by atoms with van der Waals surface area (Å²) in [5.74, 6) is -0.226. The Labute approximate surface area is 143 Å². The number of ether oxygens (including phenoxy) is 2. The van der Waals surface area contributed by atoms with E-state index in [1.54, 1.807) is 6.07 Å². The van der Waals surface area contributed by atoms with Crippen LogP contribution in [0.5, 0.6) is 0 Å². The number of halogens is 2. The van der Waals surface area contributed by atoms with Gasteiger partial charge < -0.3 is 9.47 Å². The van der Waals surface area contributed by atoms with E-state index in [-0.39, 0.29) is 6.29 Å². The lowest BCUT2D eigenvalue weighted by molar-refractivity contribution is -0.229. The summed E-state index contributed by atoms with van der Waals surface area (Å²) in [5.41, 5.74) is 0.914. The fourth-order valence-electron chi connectivity index (χ4n) is 3.98. The van der Waals surface area contributed by atoms with Crippen LogP contribution >= 0.6 is 0 Å². The standard InChI is InChI=1S/C20H28F2O2/c1-2-3-4-14-12-23-20(24-13-14)16-7-5-15(6-8-16)17-9-10-18(21)19(22)11-17/h9-11,14-16,20H,2-8,12-13H2,1H3/t14?,15-,16-,20?. The van der Waals surface area contributed by atoms with E-state index in [2.05, 4.69) is 6.92 Å². The third kappa shape index (κ3) is 4.34. The molecule has 0 bridgehead atoms. The summed E-state index contributed by atoms with van der Waals surface area (Å²) in [4.78, 5) is 0. The van der Waals surface area contributed by atoms with Crippen molar-refractivity contribution in [1.82, 2.24) is 0 Å². The summed E-state index contributed by atoms with van der Waals surface area (Å²) in [6.45, 7) is 3.83. The lowest BCUT2D eigenvalue weighted by Gasteiger charge is -2.37. The molecule has 134 valence electrons. The zero-order valence-electron chi connectivity index (χ0n) is 14.5. The van der Waals surface area contributed by atoms with Crippen molar-refractivity contribution >= 4 is 0 Å². The summed E-state index contributed by atoms with van der Waals surface area (Å²) in [5, 5.41) is 0. The quantitative estimate of drug-likeness (QED) is 0.714. The van der Waals surface area contributed by atoms with Gasteiger partial charge in [0.05, 0.1) is 13.2 Å². The average Bonchev–Trinajstić information content (AvgIpc) is 2.63. The van der Waals surface area contributed by atoms with Crippen molar-refractivity contribution in [2.45, 2.75) is 64.1 Å². The molecule has 2 aliphatic rings. The van der Waals surface area contributed by atoms with Crippen LogP contribution in [-0.2, 0) is 9.47 Å². The van der Waals surface area contributed by atoms with Crippen molar-refractivity contribution < 1.29 is 18.3 Å². The van der Waals surface area contributed by atoms with Gasteiger partial charge in [-0.1, -0.05) is 25.8 Å². The van der Waals surface area contributed by atoms with Crippen molar-refractivity contribution in [3.8, 4) is 0 Å². The molecular formula is C20H28F2O2. The van der Waals surface area contributed by atoms with E-state index in [0.29, 0.717) is 17.8 Å². The van der Waals surface area contributed by atoms with Gasteiger partial charge in [-0.2, -0.15) is 0 Å². The molecule has 1 aliphatic carbocycles. The van der Waals surface area contributed by atoms with Crippen molar-refractivity contribution in [3.05, 3.63) is 35.4 Å². The number of unbranched alkanes of at least 4 members (excludes halogenated alkanes) is 1. The maximum absolute atomic E-state index is 13.4. The zero-order valence-corrected chi connectivity index (χ0v) is 14.5. The van der Waals surface area contributed by atoms with Crippen LogP contribution in [0, 0.1) is 23.5 Å². The lowest BCUT2D eigenvalue weighted by atomic mass is 9.78. The normalized spacial score (nSPS) is 31.1. The molecule has 1 aromatic carbocycles. The Bertz CT molecular complexity index is 518. The van der Waals surface area contributed by atoms with E-state index in [4.69, 9.17) is 9.47 Å². The topological polar surface area (TPSA) is 18.5 Å². The van der Waals surface area contributed by atoms with Gasteiger partial charge in [-0.05, 0) is 55.7 Å². The highest BCUT2D eigenvalue weighted by Gasteiger charge is 2.32. The Morgan fingerprint density at radius 1 is 1.00 bits per heavy atom. The molecule has 0 radical (unpaired) electrons. The molecule has 1 aromatic rings. The number of rotatable bonds is 5. The third-order valence-corrected chi connectivity index (χ3v) is 5.53. The first-order valence-corrected chi connectivity index (χ1v) is 9.35. The minimum Gasteiger partial charge on any atom is -0.352 e. The summed E-state index contributed by atoms with van der Waals surface area (Å²) in [7, 11) is 0. The van der Waals surface area contributed by atoms with Gasteiger partial charge in [-0.15, -0.1) is 0 Å². The van der Waals surface area contributed by atoms with Crippen LogP contribution in [0.1, 0.15) is 63.4 Å². The summed E-state index contributed by atoms with van der Waals surface area (Å²) in [6.07, 6.45) is 7.58. The average molecular weight is 338 g/mol. The highest BCUT2D eigenvalue weighted by Crippen LogP contribution is 2.39. The van der Waals surface area contributed by atoms with E-state index in [9.17, 15) is 8.78 Å². The highest BCUT2D eigenvalue weighted by atomic mass is 19.2. The fraction of sp³-hybridized carbons (Fsp3) is 0.700. The van der Waals surface area contributed by atoms with Crippen molar-refractivity contribution in [3.63, 3.8) is 0 Å². The van der Waals surface area contributed by atoms with Gasteiger partial charge in [-0.25, -0.2) is 8.78 Å². The number of hydrogen-bond donors (Lipinski definition) is 0. The van der Waals surface area contributed by atoms with Gasteiger partial charge in [0, 0.05) is 11.8 Å². The van der Waals surface area contributed by atoms with Crippen LogP contribution in [0.25, 0.3) is 0 Å². The van der Waals surface area contributed by atoms with Crippen LogP contribution in [0.2, 0.25) is 0 Å².